The van der Waals surface area contributed by atoms with Crippen LogP contribution in [-0.4, -0.2) is 13.2 Å². The maximum absolute atomic E-state index is 13.0. The standard InChI is InChI=1S/C19H23ClFNO2/c1-3-9-22-12-15-10-17(20)19(18(11-15)23-4-2)24-13-14-5-7-16(21)8-6-14/h5-8,10-11,22H,3-4,9,12-13H2,1-2H3. The van der Waals surface area contributed by atoms with Crippen LogP contribution in [0.4, 0.5) is 4.39 Å². The third-order valence-electron chi connectivity index (χ3n) is 3.42. The van der Waals surface area contributed by atoms with Gasteiger partial charge in [-0.05, 0) is 55.3 Å². The quantitative estimate of drug-likeness (QED) is 0.648. The second-order valence-electron chi connectivity index (χ2n) is 5.43. The zero-order valence-corrected chi connectivity index (χ0v) is 14.8. The predicted molar refractivity (Wildman–Crippen MR) is 95.4 cm³/mol. The highest BCUT2D eigenvalue weighted by atomic mass is 35.5. The van der Waals surface area contributed by atoms with E-state index in [1.165, 1.54) is 12.1 Å². The van der Waals surface area contributed by atoms with Crippen molar-refractivity contribution in [2.24, 2.45) is 0 Å². The molecule has 2 rings (SSSR count). The number of hydrogen-bond acceptors (Lipinski definition) is 3. The van der Waals surface area contributed by atoms with E-state index in [0.29, 0.717) is 29.7 Å². The summed E-state index contributed by atoms with van der Waals surface area (Å²) in [6, 6.07) is 10.0. The Morgan fingerprint density at radius 1 is 1.04 bits per heavy atom. The lowest BCUT2D eigenvalue weighted by atomic mass is 10.2. The van der Waals surface area contributed by atoms with Crippen LogP contribution in [0, 0.1) is 5.82 Å². The van der Waals surface area contributed by atoms with Crippen molar-refractivity contribution in [1.29, 1.82) is 0 Å². The lowest BCUT2D eigenvalue weighted by Gasteiger charge is -2.15. The summed E-state index contributed by atoms with van der Waals surface area (Å²) in [5, 5.41) is 3.85. The van der Waals surface area contributed by atoms with E-state index in [4.69, 9.17) is 21.1 Å². The van der Waals surface area contributed by atoms with E-state index < -0.39 is 0 Å². The first kappa shape index (κ1) is 18.6. The Morgan fingerprint density at radius 2 is 1.79 bits per heavy atom. The summed E-state index contributed by atoms with van der Waals surface area (Å²) in [5.74, 6) is 0.873. The Kier molecular flexibility index (Phi) is 7.35. The molecule has 3 nitrogen and oxygen atoms in total. The number of halogens is 2. The molecule has 2 aromatic carbocycles. The van der Waals surface area contributed by atoms with Gasteiger partial charge in [0.25, 0.3) is 0 Å². The number of nitrogens with one attached hydrogen (secondary N) is 1. The van der Waals surface area contributed by atoms with Crippen LogP contribution in [0.25, 0.3) is 0 Å². The summed E-state index contributed by atoms with van der Waals surface area (Å²) in [6.07, 6.45) is 1.07. The van der Waals surface area contributed by atoms with E-state index in [0.717, 1.165) is 30.6 Å². The molecule has 1 N–H and O–H groups in total. The fourth-order valence-electron chi connectivity index (χ4n) is 2.27. The first-order valence-corrected chi connectivity index (χ1v) is 8.55. The van der Waals surface area contributed by atoms with Gasteiger partial charge in [0, 0.05) is 6.54 Å². The molecule has 0 aliphatic heterocycles. The van der Waals surface area contributed by atoms with E-state index in [1.807, 2.05) is 19.1 Å². The average Bonchev–Trinajstić information content (AvgIpc) is 2.56. The van der Waals surface area contributed by atoms with Crippen LogP contribution in [0.5, 0.6) is 11.5 Å². The Morgan fingerprint density at radius 3 is 2.46 bits per heavy atom. The van der Waals surface area contributed by atoms with Gasteiger partial charge in [0.15, 0.2) is 11.5 Å². The Hall–Kier alpha value is -1.78. The van der Waals surface area contributed by atoms with Gasteiger partial charge >= 0.3 is 0 Å². The van der Waals surface area contributed by atoms with Gasteiger partial charge in [0.1, 0.15) is 12.4 Å². The molecule has 130 valence electrons. The highest BCUT2D eigenvalue weighted by Gasteiger charge is 2.13. The predicted octanol–water partition coefficient (Wildman–Crippen LogP) is 4.96. The fraction of sp³-hybridized carbons (Fsp3) is 0.368. The SMILES string of the molecule is CCCNCc1cc(Cl)c(OCc2ccc(F)cc2)c(OCC)c1. The minimum absolute atomic E-state index is 0.268. The largest absolute Gasteiger partial charge is 0.490 e. The molecule has 0 aliphatic carbocycles. The molecule has 0 fully saturated rings. The molecule has 0 unspecified atom stereocenters. The van der Waals surface area contributed by atoms with Crippen LogP contribution in [0.15, 0.2) is 36.4 Å². The molecule has 0 aromatic heterocycles. The molecule has 0 saturated carbocycles. The van der Waals surface area contributed by atoms with Gasteiger partial charge in [-0.2, -0.15) is 0 Å². The van der Waals surface area contributed by atoms with Crippen molar-refractivity contribution in [3.8, 4) is 11.5 Å². The lowest BCUT2D eigenvalue weighted by Crippen LogP contribution is -2.14. The number of hydrogen-bond donors (Lipinski definition) is 1. The van der Waals surface area contributed by atoms with Gasteiger partial charge in [-0.1, -0.05) is 30.7 Å². The highest BCUT2D eigenvalue weighted by Crippen LogP contribution is 2.37. The molecule has 0 saturated heterocycles. The molecule has 2 aromatic rings. The maximum atomic E-state index is 13.0. The third-order valence-corrected chi connectivity index (χ3v) is 3.70. The van der Waals surface area contributed by atoms with Crippen LogP contribution < -0.4 is 14.8 Å². The van der Waals surface area contributed by atoms with E-state index in [9.17, 15) is 4.39 Å². The molecule has 0 spiro atoms. The molecule has 0 aliphatic rings. The van der Waals surface area contributed by atoms with Crippen molar-refractivity contribution < 1.29 is 13.9 Å². The third kappa shape index (κ3) is 5.39. The van der Waals surface area contributed by atoms with E-state index >= 15 is 0 Å². The fourth-order valence-corrected chi connectivity index (χ4v) is 2.56. The zero-order chi connectivity index (χ0) is 17.4. The summed E-state index contributed by atoms with van der Waals surface area (Å²) in [7, 11) is 0. The van der Waals surface area contributed by atoms with Crippen molar-refractivity contribution in [3.05, 3.63) is 58.4 Å². The average molecular weight is 352 g/mol. The van der Waals surface area contributed by atoms with Gasteiger partial charge in [0.05, 0.1) is 11.6 Å². The van der Waals surface area contributed by atoms with Gasteiger partial charge in [0.2, 0.25) is 0 Å². The Balaban J connectivity index is 2.13. The van der Waals surface area contributed by atoms with Crippen LogP contribution in [0.1, 0.15) is 31.4 Å². The van der Waals surface area contributed by atoms with Crippen molar-refractivity contribution in [3.63, 3.8) is 0 Å². The smallest absolute Gasteiger partial charge is 0.180 e. The number of ether oxygens (including phenoxy) is 2. The van der Waals surface area contributed by atoms with Crippen LogP contribution in [0.3, 0.4) is 0 Å². The lowest BCUT2D eigenvalue weighted by molar-refractivity contribution is 0.269. The second-order valence-corrected chi connectivity index (χ2v) is 5.84. The molecule has 0 heterocycles. The Bertz CT molecular complexity index is 647. The maximum Gasteiger partial charge on any atom is 0.180 e. The van der Waals surface area contributed by atoms with E-state index in [2.05, 4.69) is 12.2 Å². The molecular formula is C19H23ClFNO2. The number of benzene rings is 2. The highest BCUT2D eigenvalue weighted by molar-refractivity contribution is 6.32. The molecule has 0 radical (unpaired) electrons. The van der Waals surface area contributed by atoms with Gasteiger partial charge < -0.3 is 14.8 Å². The summed E-state index contributed by atoms with van der Waals surface area (Å²) in [4.78, 5) is 0. The van der Waals surface area contributed by atoms with Gasteiger partial charge in [-0.15, -0.1) is 0 Å². The summed E-state index contributed by atoms with van der Waals surface area (Å²) in [5.41, 5.74) is 1.91. The van der Waals surface area contributed by atoms with Crippen molar-refractivity contribution in [2.75, 3.05) is 13.2 Å². The minimum Gasteiger partial charge on any atom is -0.490 e. The summed E-state index contributed by atoms with van der Waals surface area (Å²) < 4.78 is 24.5. The number of rotatable bonds is 9. The van der Waals surface area contributed by atoms with Crippen LogP contribution in [-0.2, 0) is 13.2 Å². The summed E-state index contributed by atoms with van der Waals surface area (Å²) >= 11 is 6.38. The van der Waals surface area contributed by atoms with Crippen molar-refractivity contribution >= 4 is 11.6 Å². The Labute approximate surface area is 147 Å². The van der Waals surface area contributed by atoms with Crippen LogP contribution >= 0.6 is 11.6 Å². The normalized spacial score (nSPS) is 10.7. The second kappa shape index (κ2) is 9.50. The molecule has 5 heteroatoms. The monoisotopic (exact) mass is 351 g/mol. The molecule has 0 atom stereocenters. The molecule has 24 heavy (non-hydrogen) atoms. The van der Waals surface area contributed by atoms with Crippen LogP contribution in [0.2, 0.25) is 5.02 Å². The summed E-state index contributed by atoms with van der Waals surface area (Å²) in [6.45, 7) is 6.54. The minimum atomic E-state index is -0.268. The molecule has 0 amide bonds. The first-order valence-electron chi connectivity index (χ1n) is 8.17. The zero-order valence-electron chi connectivity index (χ0n) is 14.1. The van der Waals surface area contributed by atoms with Gasteiger partial charge in [-0.3, -0.25) is 0 Å². The van der Waals surface area contributed by atoms with Gasteiger partial charge in [-0.25, -0.2) is 4.39 Å². The first-order chi connectivity index (χ1) is 11.6. The molecule has 0 bridgehead atoms. The van der Waals surface area contributed by atoms with E-state index in [-0.39, 0.29) is 5.82 Å². The van der Waals surface area contributed by atoms with E-state index in [1.54, 1.807) is 12.1 Å². The van der Waals surface area contributed by atoms with Crippen molar-refractivity contribution in [2.45, 2.75) is 33.4 Å². The topological polar surface area (TPSA) is 30.5 Å². The molecular weight excluding hydrogens is 329 g/mol. The van der Waals surface area contributed by atoms with Crippen molar-refractivity contribution in [1.82, 2.24) is 5.32 Å².